The molecule has 0 radical (unpaired) electrons. The molecule has 4 heteroatoms. The summed E-state index contributed by atoms with van der Waals surface area (Å²) in [5.74, 6) is -0.0142. The topological polar surface area (TPSA) is 52.6 Å². The molecule has 0 bridgehead atoms. The Kier molecular flexibility index (Phi) is 6.97. The van der Waals surface area contributed by atoms with Gasteiger partial charge in [0, 0.05) is 19.2 Å². The van der Waals surface area contributed by atoms with Gasteiger partial charge in [0.15, 0.2) is 0 Å². The third-order valence-corrected chi connectivity index (χ3v) is 4.25. The van der Waals surface area contributed by atoms with Gasteiger partial charge in [0.25, 0.3) is 0 Å². The van der Waals surface area contributed by atoms with Crippen molar-refractivity contribution in [1.82, 2.24) is 10.2 Å². The molecule has 2 aromatic carbocycles. The highest BCUT2D eigenvalue weighted by Gasteiger charge is 2.18. The number of hydrogen-bond acceptors (Lipinski definition) is 3. The van der Waals surface area contributed by atoms with Crippen LogP contribution >= 0.6 is 0 Å². The monoisotopic (exact) mass is 326 g/mol. The van der Waals surface area contributed by atoms with Gasteiger partial charge in [0.2, 0.25) is 5.91 Å². The average molecular weight is 326 g/mol. The Morgan fingerprint density at radius 3 is 2.46 bits per heavy atom. The lowest BCUT2D eigenvalue weighted by atomic mass is 10.0. The first-order chi connectivity index (χ1) is 11.6. The third kappa shape index (κ3) is 5.18. The number of rotatable bonds is 8. The van der Waals surface area contributed by atoms with E-state index in [1.807, 2.05) is 73.5 Å². The number of nitrogens with one attached hydrogen (secondary N) is 1. The van der Waals surface area contributed by atoms with Gasteiger partial charge in [-0.05, 0) is 37.1 Å². The second kappa shape index (κ2) is 9.21. The molecule has 2 N–H and O–H groups in total. The zero-order valence-corrected chi connectivity index (χ0v) is 14.4. The first-order valence-corrected chi connectivity index (χ1v) is 8.29. The van der Waals surface area contributed by atoms with E-state index in [1.54, 1.807) is 0 Å². The fourth-order valence-corrected chi connectivity index (χ4v) is 2.83. The molecule has 0 aliphatic heterocycles. The van der Waals surface area contributed by atoms with Gasteiger partial charge in [-0.3, -0.25) is 9.69 Å². The Bertz CT molecular complexity index is 643. The van der Waals surface area contributed by atoms with Crippen LogP contribution in [0, 0.1) is 6.92 Å². The van der Waals surface area contributed by atoms with Crippen LogP contribution in [0.5, 0.6) is 0 Å². The predicted molar refractivity (Wildman–Crippen MR) is 96.5 cm³/mol. The summed E-state index contributed by atoms with van der Waals surface area (Å²) in [6.07, 6.45) is 0.603. The SMILES string of the molecule is Cc1ccccc1CNC(=O)CN(C)C(CCO)c1ccccc1. The maximum Gasteiger partial charge on any atom is 0.234 e. The van der Waals surface area contributed by atoms with Gasteiger partial charge in [-0.2, -0.15) is 0 Å². The highest BCUT2D eigenvalue weighted by Crippen LogP contribution is 2.22. The molecule has 2 rings (SSSR count). The largest absolute Gasteiger partial charge is 0.396 e. The fraction of sp³-hybridized carbons (Fsp3) is 0.350. The van der Waals surface area contributed by atoms with Crippen LogP contribution in [-0.2, 0) is 11.3 Å². The Labute approximate surface area is 144 Å². The zero-order chi connectivity index (χ0) is 17.4. The maximum atomic E-state index is 12.3. The van der Waals surface area contributed by atoms with Gasteiger partial charge in [-0.1, -0.05) is 54.6 Å². The number of aliphatic hydroxyl groups is 1. The van der Waals surface area contributed by atoms with Crippen molar-refractivity contribution in [2.45, 2.75) is 25.9 Å². The van der Waals surface area contributed by atoms with Gasteiger partial charge >= 0.3 is 0 Å². The van der Waals surface area contributed by atoms with E-state index in [0.29, 0.717) is 19.5 Å². The number of hydrogen-bond donors (Lipinski definition) is 2. The van der Waals surface area contributed by atoms with Crippen molar-refractivity contribution in [2.75, 3.05) is 20.2 Å². The number of carbonyl (C=O) groups is 1. The summed E-state index contributed by atoms with van der Waals surface area (Å²) >= 11 is 0. The Hall–Kier alpha value is -2.17. The average Bonchev–Trinajstić information content (AvgIpc) is 2.59. The minimum atomic E-state index is -0.0142. The van der Waals surface area contributed by atoms with Crippen LogP contribution in [0.1, 0.15) is 29.2 Å². The Morgan fingerprint density at radius 2 is 1.79 bits per heavy atom. The lowest BCUT2D eigenvalue weighted by Crippen LogP contribution is -2.37. The minimum Gasteiger partial charge on any atom is -0.396 e. The highest BCUT2D eigenvalue weighted by atomic mass is 16.3. The van der Waals surface area contributed by atoms with Crippen LogP contribution in [0.15, 0.2) is 54.6 Å². The third-order valence-electron chi connectivity index (χ3n) is 4.25. The number of amides is 1. The summed E-state index contributed by atoms with van der Waals surface area (Å²) in [6.45, 7) is 2.97. The van der Waals surface area contributed by atoms with Gasteiger partial charge in [0.05, 0.1) is 6.54 Å². The van der Waals surface area contributed by atoms with Crippen LogP contribution in [0.3, 0.4) is 0 Å². The predicted octanol–water partition coefficient (Wildman–Crippen LogP) is 2.67. The first kappa shape index (κ1) is 18.2. The normalized spacial score (nSPS) is 12.2. The molecular formula is C20H26N2O2. The van der Waals surface area contributed by atoms with Gasteiger partial charge in [-0.15, -0.1) is 0 Å². The molecule has 2 aromatic rings. The van der Waals surface area contributed by atoms with E-state index in [-0.39, 0.29) is 18.6 Å². The molecule has 0 aliphatic carbocycles. The van der Waals surface area contributed by atoms with E-state index < -0.39 is 0 Å². The first-order valence-electron chi connectivity index (χ1n) is 8.29. The van der Waals surface area contributed by atoms with Crippen LogP contribution in [0.25, 0.3) is 0 Å². The van der Waals surface area contributed by atoms with Crippen LogP contribution in [0.2, 0.25) is 0 Å². The van der Waals surface area contributed by atoms with E-state index >= 15 is 0 Å². The smallest absolute Gasteiger partial charge is 0.234 e. The highest BCUT2D eigenvalue weighted by molar-refractivity contribution is 5.78. The van der Waals surface area contributed by atoms with Crippen LogP contribution in [-0.4, -0.2) is 36.1 Å². The molecule has 1 unspecified atom stereocenters. The van der Waals surface area contributed by atoms with E-state index in [4.69, 9.17) is 0 Å². The van der Waals surface area contributed by atoms with Crippen LogP contribution < -0.4 is 5.32 Å². The summed E-state index contributed by atoms with van der Waals surface area (Å²) in [6, 6.07) is 18.1. The quantitative estimate of drug-likeness (QED) is 0.784. The van der Waals surface area contributed by atoms with Crippen LogP contribution in [0.4, 0.5) is 0 Å². The minimum absolute atomic E-state index is 0.0142. The lowest BCUT2D eigenvalue weighted by molar-refractivity contribution is -0.122. The molecule has 4 nitrogen and oxygen atoms in total. The van der Waals surface area contributed by atoms with Crippen molar-refractivity contribution >= 4 is 5.91 Å². The van der Waals surface area contributed by atoms with Gasteiger partial charge < -0.3 is 10.4 Å². The molecule has 0 fully saturated rings. The molecule has 0 aliphatic rings. The molecular weight excluding hydrogens is 300 g/mol. The van der Waals surface area contributed by atoms with Crippen molar-refractivity contribution in [3.63, 3.8) is 0 Å². The van der Waals surface area contributed by atoms with E-state index in [0.717, 1.165) is 11.1 Å². The second-order valence-corrected chi connectivity index (χ2v) is 6.06. The molecule has 1 atom stereocenters. The standard InChI is InChI=1S/C20H26N2O2/c1-16-8-6-7-11-18(16)14-21-20(24)15-22(2)19(12-13-23)17-9-4-3-5-10-17/h3-11,19,23H,12-15H2,1-2H3,(H,21,24). The molecule has 1 amide bonds. The van der Waals surface area contributed by atoms with Gasteiger partial charge in [0.1, 0.15) is 0 Å². The number of carbonyl (C=O) groups excluding carboxylic acids is 1. The van der Waals surface area contributed by atoms with Gasteiger partial charge in [-0.25, -0.2) is 0 Å². The van der Waals surface area contributed by atoms with E-state index in [1.165, 1.54) is 5.56 Å². The summed E-state index contributed by atoms with van der Waals surface area (Å²) < 4.78 is 0. The molecule has 0 spiro atoms. The number of likely N-dealkylation sites (N-methyl/N-ethyl adjacent to an activating group) is 1. The van der Waals surface area contributed by atoms with Crippen molar-refractivity contribution in [1.29, 1.82) is 0 Å². The van der Waals surface area contributed by atoms with Crippen molar-refractivity contribution < 1.29 is 9.90 Å². The summed E-state index contributed by atoms with van der Waals surface area (Å²) in [4.78, 5) is 14.2. The number of aryl methyl sites for hydroxylation is 1. The maximum absolute atomic E-state index is 12.3. The molecule has 24 heavy (non-hydrogen) atoms. The second-order valence-electron chi connectivity index (χ2n) is 6.06. The van der Waals surface area contributed by atoms with Crippen molar-refractivity contribution in [3.8, 4) is 0 Å². The van der Waals surface area contributed by atoms with E-state index in [9.17, 15) is 9.90 Å². The molecule has 0 saturated carbocycles. The summed E-state index contributed by atoms with van der Waals surface area (Å²) in [7, 11) is 1.92. The Balaban J connectivity index is 1.93. The summed E-state index contributed by atoms with van der Waals surface area (Å²) in [5.41, 5.74) is 3.41. The Morgan fingerprint density at radius 1 is 1.12 bits per heavy atom. The number of aliphatic hydroxyl groups excluding tert-OH is 1. The van der Waals surface area contributed by atoms with Crippen molar-refractivity contribution in [3.05, 3.63) is 71.3 Å². The lowest BCUT2D eigenvalue weighted by Gasteiger charge is -2.27. The zero-order valence-electron chi connectivity index (χ0n) is 14.4. The van der Waals surface area contributed by atoms with Crippen molar-refractivity contribution in [2.24, 2.45) is 0 Å². The molecule has 0 saturated heterocycles. The number of nitrogens with zero attached hydrogens (tertiary/aromatic N) is 1. The fourth-order valence-electron chi connectivity index (χ4n) is 2.83. The number of benzene rings is 2. The molecule has 0 heterocycles. The van der Waals surface area contributed by atoms with E-state index in [2.05, 4.69) is 5.32 Å². The summed E-state index contributed by atoms with van der Waals surface area (Å²) in [5, 5.41) is 12.3. The molecule has 128 valence electrons. The molecule has 0 aromatic heterocycles.